The molecule has 0 radical (unpaired) electrons. The lowest BCUT2D eigenvalue weighted by Crippen LogP contribution is -2.22. The molecular weight excluding hydrogens is 126 g/mol. The van der Waals surface area contributed by atoms with E-state index in [0.717, 1.165) is 25.2 Å². The fraction of sp³-hybridized carbons (Fsp3) is 0.875. The van der Waals surface area contributed by atoms with E-state index in [-0.39, 0.29) is 6.04 Å². The monoisotopic (exact) mass is 141 g/mol. The van der Waals surface area contributed by atoms with Gasteiger partial charge in [-0.05, 0) is 25.3 Å². The Morgan fingerprint density at radius 3 is 3.00 bits per heavy atom. The topological polar surface area (TPSA) is 29.1 Å². The molecule has 10 heavy (non-hydrogen) atoms. The van der Waals surface area contributed by atoms with Gasteiger partial charge in [0.2, 0.25) is 0 Å². The SMILES string of the molecule is CCCC1CNC(C=O)C1. The van der Waals surface area contributed by atoms with E-state index in [4.69, 9.17) is 0 Å². The Kier molecular flexibility index (Phi) is 2.87. The summed E-state index contributed by atoms with van der Waals surface area (Å²) in [5.74, 6) is 0.750. The summed E-state index contributed by atoms with van der Waals surface area (Å²) >= 11 is 0. The maximum Gasteiger partial charge on any atom is 0.136 e. The van der Waals surface area contributed by atoms with Gasteiger partial charge in [0, 0.05) is 0 Å². The van der Waals surface area contributed by atoms with E-state index in [9.17, 15) is 4.79 Å². The third-order valence-corrected chi connectivity index (χ3v) is 2.12. The van der Waals surface area contributed by atoms with Crippen LogP contribution in [0.25, 0.3) is 0 Å². The van der Waals surface area contributed by atoms with Crippen molar-refractivity contribution in [3.8, 4) is 0 Å². The lowest BCUT2D eigenvalue weighted by molar-refractivity contribution is -0.109. The van der Waals surface area contributed by atoms with Crippen LogP contribution in [0, 0.1) is 5.92 Å². The molecule has 1 aliphatic heterocycles. The van der Waals surface area contributed by atoms with Gasteiger partial charge in [-0.3, -0.25) is 0 Å². The minimum atomic E-state index is 0.150. The van der Waals surface area contributed by atoms with E-state index in [0.29, 0.717) is 0 Å². The molecule has 2 unspecified atom stereocenters. The van der Waals surface area contributed by atoms with E-state index in [1.54, 1.807) is 0 Å². The molecule has 1 aliphatic rings. The predicted molar refractivity (Wildman–Crippen MR) is 40.9 cm³/mol. The van der Waals surface area contributed by atoms with Gasteiger partial charge in [-0.15, -0.1) is 0 Å². The van der Waals surface area contributed by atoms with Gasteiger partial charge in [0.05, 0.1) is 6.04 Å². The molecular formula is C8H15NO. The van der Waals surface area contributed by atoms with Crippen molar-refractivity contribution in [2.24, 2.45) is 5.92 Å². The van der Waals surface area contributed by atoms with Crippen molar-refractivity contribution in [2.75, 3.05) is 6.54 Å². The minimum Gasteiger partial charge on any atom is -0.307 e. The third kappa shape index (κ3) is 1.81. The first-order valence-electron chi connectivity index (χ1n) is 4.05. The standard InChI is InChI=1S/C8H15NO/c1-2-3-7-4-8(6-10)9-5-7/h6-9H,2-5H2,1H3. The predicted octanol–water partition coefficient (Wildman–Crippen LogP) is 0.964. The molecule has 1 rings (SSSR count). The van der Waals surface area contributed by atoms with E-state index in [1.807, 2.05) is 0 Å². The molecule has 1 saturated heterocycles. The lowest BCUT2D eigenvalue weighted by atomic mass is 10.0. The van der Waals surface area contributed by atoms with E-state index < -0.39 is 0 Å². The van der Waals surface area contributed by atoms with Crippen molar-refractivity contribution in [1.29, 1.82) is 0 Å². The van der Waals surface area contributed by atoms with E-state index in [2.05, 4.69) is 12.2 Å². The number of rotatable bonds is 3. The van der Waals surface area contributed by atoms with Crippen LogP contribution in [-0.4, -0.2) is 18.9 Å². The molecule has 1 N–H and O–H groups in total. The van der Waals surface area contributed by atoms with Gasteiger partial charge in [0.1, 0.15) is 6.29 Å². The van der Waals surface area contributed by atoms with Crippen molar-refractivity contribution < 1.29 is 4.79 Å². The lowest BCUT2D eigenvalue weighted by Gasteiger charge is -2.03. The zero-order chi connectivity index (χ0) is 7.40. The largest absolute Gasteiger partial charge is 0.307 e. The molecule has 0 amide bonds. The van der Waals surface area contributed by atoms with Crippen LogP contribution in [0.1, 0.15) is 26.2 Å². The Morgan fingerprint density at radius 1 is 1.70 bits per heavy atom. The highest BCUT2D eigenvalue weighted by Gasteiger charge is 2.21. The maximum absolute atomic E-state index is 10.3. The summed E-state index contributed by atoms with van der Waals surface area (Å²) in [6.45, 7) is 3.23. The molecule has 1 heterocycles. The summed E-state index contributed by atoms with van der Waals surface area (Å²) in [7, 11) is 0. The highest BCUT2D eigenvalue weighted by molar-refractivity contribution is 5.58. The molecule has 2 atom stereocenters. The number of hydrogen-bond acceptors (Lipinski definition) is 2. The smallest absolute Gasteiger partial charge is 0.136 e. The van der Waals surface area contributed by atoms with Crippen molar-refractivity contribution in [3.63, 3.8) is 0 Å². The molecule has 0 aromatic rings. The summed E-state index contributed by atoms with van der Waals surface area (Å²) in [5.41, 5.74) is 0. The Hall–Kier alpha value is -0.370. The van der Waals surface area contributed by atoms with Crippen molar-refractivity contribution in [3.05, 3.63) is 0 Å². The van der Waals surface area contributed by atoms with Crippen LogP contribution >= 0.6 is 0 Å². The van der Waals surface area contributed by atoms with Crippen LogP contribution in [0.3, 0.4) is 0 Å². The Labute approximate surface area is 62.0 Å². The van der Waals surface area contributed by atoms with Crippen LogP contribution in [0.5, 0.6) is 0 Å². The highest BCUT2D eigenvalue weighted by atomic mass is 16.1. The van der Waals surface area contributed by atoms with Gasteiger partial charge in [-0.1, -0.05) is 13.3 Å². The quantitative estimate of drug-likeness (QED) is 0.593. The van der Waals surface area contributed by atoms with Gasteiger partial charge in [0.15, 0.2) is 0 Å². The third-order valence-electron chi connectivity index (χ3n) is 2.12. The molecule has 0 saturated carbocycles. The number of nitrogens with one attached hydrogen (secondary N) is 1. The zero-order valence-corrected chi connectivity index (χ0v) is 6.47. The van der Waals surface area contributed by atoms with Crippen LogP contribution in [-0.2, 0) is 4.79 Å². The van der Waals surface area contributed by atoms with E-state index in [1.165, 1.54) is 12.8 Å². The Bertz CT molecular complexity index is 114. The van der Waals surface area contributed by atoms with Crippen LogP contribution in [0.4, 0.5) is 0 Å². The van der Waals surface area contributed by atoms with Gasteiger partial charge in [-0.25, -0.2) is 0 Å². The second-order valence-electron chi connectivity index (χ2n) is 3.04. The number of hydrogen-bond donors (Lipinski definition) is 1. The molecule has 1 fully saturated rings. The van der Waals surface area contributed by atoms with Crippen molar-refractivity contribution in [1.82, 2.24) is 5.32 Å². The first kappa shape index (κ1) is 7.73. The molecule has 0 spiro atoms. The van der Waals surface area contributed by atoms with Gasteiger partial charge >= 0.3 is 0 Å². The molecule has 0 aliphatic carbocycles. The molecule has 2 heteroatoms. The first-order chi connectivity index (χ1) is 4.86. The minimum absolute atomic E-state index is 0.150. The normalized spacial score (nSPS) is 32.5. The maximum atomic E-state index is 10.3. The first-order valence-corrected chi connectivity index (χ1v) is 4.05. The second kappa shape index (κ2) is 3.71. The molecule has 0 bridgehead atoms. The summed E-state index contributed by atoms with van der Waals surface area (Å²) < 4.78 is 0. The van der Waals surface area contributed by atoms with Gasteiger partial charge in [0.25, 0.3) is 0 Å². The average molecular weight is 141 g/mol. The second-order valence-corrected chi connectivity index (χ2v) is 3.04. The Balaban J connectivity index is 2.21. The highest BCUT2D eigenvalue weighted by Crippen LogP contribution is 2.17. The number of carbonyl (C=O) groups excluding carboxylic acids is 1. The molecule has 0 aromatic carbocycles. The van der Waals surface area contributed by atoms with Crippen LogP contribution < -0.4 is 5.32 Å². The van der Waals surface area contributed by atoms with Gasteiger partial charge < -0.3 is 10.1 Å². The zero-order valence-electron chi connectivity index (χ0n) is 6.47. The summed E-state index contributed by atoms with van der Waals surface area (Å²) in [6, 6.07) is 0.150. The molecule has 2 nitrogen and oxygen atoms in total. The van der Waals surface area contributed by atoms with E-state index >= 15 is 0 Å². The van der Waals surface area contributed by atoms with Crippen LogP contribution in [0.2, 0.25) is 0 Å². The summed E-state index contributed by atoms with van der Waals surface area (Å²) in [5, 5.41) is 3.17. The molecule has 58 valence electrons. The number of aldehydes is 1. The van der Waals surface area contributed by atoms with Crippen molar-refractivity contribution >= 4 is 6.29 Å². The van der Waals surface area contributed by atoms with Gasteiger partial charge in [-0.2, -0.15) is 0 Å². The van der Waals surface area contributed by atoms with Crippen LogP contribution in [0.15, 0.2) is 0 Å². The fourth-order valence-electron chi connectivity index (χ4n) is 1.58. The Morgan fingerprint density at radius 2 is 2.50 bits per heavy atom. The number of carbonyl (C=O) groups is 1. The van der Waals surface area contributed by atoms with Crippen molar-refractivity contribution in [2.45, 2.75) is 32.2 Å². The fourth-order valence-corrected chi connectivity index (χ4v) is 1.58. The molecule has 0 aromatic heterocycles. The average Bonchev–Trinajstić information content (AvgIpc) is 2.37. The summed E-state index contributed by atoms with van der Waals surface area (Å²) in [6.07, 6.45) is 4.57. The summed E-state index contributed by atoms with van der Waals surface area (Å²) in [4.78, 5) is 10.3.